The van der Waals surface area contributed by atoms with E-state index in [1.165, 1.54) is 0 Å². The standard InChI is InChI=1S/C20H19N5O2/c1-12(2)23-18(26)11-27-19-6-3-13(9-22-19)16-5-4-14-15-10-21-8-7-17(15)25-20(14)24-16/h3-10,12H,11H2,1-2H3,(H,23,26)(H,24,25). The summed E-state index contributed by atoms with van der Waals surface area (Å²) in [4.78, 5) is 28.1. The second-order valence-corrected chi connectivity index (χ2v) is 6.53. The molecule has 0 fully saturated rings. The van der Waals surface area contributed by atoms with Crippen LogP contribution in [0.5, 0.6) is 5.88 Å². The lowest BCUT2D eigenvalue weighted by atomic mass is 10.1. The normalized spacial score (nSPS) is 11.2. The molecule has 0 saturated heterocycles. The fourth-order valence-electron chi connectivity index (χ4n) is 2.90. The van der Waals surface area contributed by atoms with Crippen LogP contribution in [0.2, 0.25) is 0 Å². The summed E-state index contributed by atoms with van der Waals surface area (Å²) in [6, 6.07) is 9.60. The summed E-state index contributed by atoms with van der Waals surface area (Å²) in [6.45, 7) is 3.74. The number of pyridine rings is 3. The third-order valence-electron chi connectivity index (χ3n) is 4.09. The van der Waals surface area contributed by atoms with Gasteiger partial charge in [-0.3, -0.25) is 9.78 Å². The first-order chi connectivity index (χ1) is 13.1. The smallest absolute Gasteiger partial charge is 0.258 e. The summed E-state index contributed by atoms with van der Waals surface area (Å²) in [6.07, 6.45) is 5.27. The van der Waals surface area contributed by atoms with Crippen molar-refractivity contribution < 1.29 is 9.53 Å². The lowest BCUT2D eigenvalue weighted by Gasteiger charge is -2.09. The molecule has 4 aromatic rings. The summed E-state index contributed by atoms with van der Waals surface area (Å²) in [7, 11) is 0. The monoisotopic (exact) mass is 361 g/mol. The van der Waals surface area contributed by atoms with Gasteiger partial charge >= 0.3 is 0 Å². The molecule has 4 rings (SSSR count). The number of aromatic nitrogens is 4. The number of hydrogen-bond acceptors (Lipinski definition) is 5. The molecule has 0 spiro atoms. The molecule has 0 bridgehead atoms. The molecule has 0 unspecified atom stereocenters. The maximum absolute atomic E-state index is 11.6. The molecule has 2 N–H and O–H groups in total. The predicted octanol–water partition coefficient (Wildman–Crippen LogP) is 3.08. The SMILES string of the molecule is CC(C)NC(=O)COc1ccc(-c2ccc3c(n2)[nH]c2ccncc23)cn1. The minimum atomic E-state index is -0.170. The van der Waals surface area contributed by atoms with E-state index >= 15 is 0 Å². The topological polar surface area (TPSA) is 92.8 Å². The van der Waals surface area contributed by atoms with E-state index in [4.69, 9.17) is 9.72 Å². The molecular formula is C20H19N5O2. The number of carbonyl (C=O) groups is 1. The summed E-state index contributed by atoms with van der Waals surface area (Å²) in [5, 5.41) is 4.85. The van der Waals surface area contributed by atoms with Crippen LogP contribution in [0.3, 0.4) is 0 Å². The summed E-state index contributed by atoms with van der Waals surface area (Å²) < 4.78 is 5.41. The van der Waals surface area contributed by atoms with Crippen LogP contribution in [0, 0.1) is 0 Å². The maximum atomic E-state index is 11.6. The van der Waals surface area contributed by atoms with Crippen LogP contribution < -0.4 is 10.1 Å². The first-order valence-electron chi connectivity index (χ1n) is 8.71. The molecule has 7 heteroatoms. The lowest BCUT2D eigenvalue weighted by Crippen LogP contribution is -2.34. The zero-order valence-corrected chi connectivity index (χ0v) is 15.1. The van der Waals surface area contributed by atoms with Crippen molar-refractivity contribution in [3.05, 3.63) is 48.9 Å². The quantitative estimate of drug-likeness (QED) is 0.570. The van der Waals surface area contributed by atoms with Gasteiger partial charge in [-0.05, 0) is 38.1 Å². The van der Waals surface area contributed by atoms with Gasteiger partial charge < -0.3 is 15.0 Å². The van der Waals surface area contributed by atoms with E-state index < -0.39 is 0 Å². The number of fused-ring (bicyclic) bond motifs is 3. The van der Waals surface area contributed by atoms with Crippen LogP contribution >= 0.6 is 0 Å². The Morgan fingerprint density at radius 3 is 2.81 bits per heavy atom. The fraction of sp³-hybridized carbons (Fsp3) is 0.200. The van der Waals surface area contributed by atoms with E-state index in [-0.39, 0.29) is 18.6 Å². The van der Waals surface area contributed by atoms with E-state index in [0.717, 1.165) is 33.2 Å². The second kappa shape index (κ2) is 7.03. The highest BCUT2D eigenvalue weighted by Gasteiger charge is 2.09. The Hall–Kier alpha value is -3.48. The molecule has 136 valence electrons. The Bertz CT molecular complexity index is 1100. The van der Waals surface area contributed by atoms with Gasteiger partial charge in [0.25, 0.3) is 5.91 Å². The average molecular weight is 361 g/mol. The van der Waals surface area contributed by atoms with Crippen LogP contribution in [0.25, 0.3) is 33.2 Å². The van der Waals surface area contributed by atoms with Crippen LogP contribution in [0.1, 0.15) is 13.8 Å². The van der Waals surface area contributed by atoms with Crippen LogP contribution in [0.4, 0.5) is 0 Å². The first-order valence-corrected chi connectivity index (χ1v) is 8.71. The molecule has 0 aromatic carbocycles. The van der Waals surface area contributed by atoms with Crippen molar-refractivity contribution in [2.45, 2.75) is 19.9 Å². The second-order valence-electron chi connectivity index (χ2n) is 6.53. The zero-order chi connectivity index (χ0) is 18.8. The average Bonchev–Trinajstić information content (AvgIpc) is 3.04. The Morgan fingerprint density at radius 2 is 2.04 bits per heavy atom. The number of rotatable bonds is 5. The van der Waals surface area contributed by atoms with Crippen molar-refractivity contribution in [3.63, 3.8) is 0 Å². The summed E-state index contributed by atoms with van der Waals surface area (Å²) in [5.74, 6) is 0.228. The van der Waals surface area contributed by atoms with Crippen molar-refractivity contribution >= 4 is 27.8 Å². The molecule has 27 heavy (non-hydrogen) atoms. The van der Waals surface area contributed by atoms with Crippen LogP contribution in [0.15, 0.2) is 48.9 Å². The molecule has 4 aromatic heterocycles. The zero-order valence-electron chi connectivity index (χ0n) is 15.1. The molecule has 0 radical (unpaired) electrons. The van der Waals surface area contributed by atoms with E-state index in [1.54, 1.807) is 18.5 Å². The highest BCUT2D eigenvalue weighted by molar-refractivity contribution is 6.05. The largest absolute Gasteiger partial charge is 0.468 e. The minimum Gasteiger partial charge on any atom is -0.468 e. The van der Waals surface area contributed by atoms with Crippen molar-refractivity contribution in [2.75, 3.05) is 6.61 Å². The molecular weight excluding hydrogens is 342 g/mol. The Balaban J connectivity index is 1.53. The number of amides is 1. The van der Waals surface area contributed by atoms with E-state index in [9.17, 15) is 4.79 Å². The number of nitrogens with one attached hydrogen (secondary N) is 2. The molecule has 4 heterocycles. The molecule has 1 amide bonds. The van der Waals surface area contributed by atoms with Gasteiger partial charge in [-0.2, -0.15) is 0 Å². The number of hydrogen-bond donors (Lipinski definition) is 2. The number of H-pyrrole nitrogens is 1. The highest BCUT2D eigenvalue weighted by atomic mass is 16.5. The summed E-state index contributed by atoms with van der Waals surface area (Å²) in [5.41, 5.74) is 3.48. The molecule has 0 aliphatic rings. The van der Waals surface area contributed by atoms with Gasteiger partial charge in [0, 0.05) is 47.0 Å². The molecule has 0 aliphatic carbocycles. The molecule has 0 saturated carbocycles. The lowest BCUT2D eigenvalue weighted by molar-refractivity contribution is -0.123. The first kappa shape index (κ1) is 17.0. The van der Waals surface area contributed by atoms with Gasteiger partial charge in [-0.15, -0.1) is 0 Å². The van der Waals surface area contributed by atoms with E-state index in [2.05, 4.69) is 20.3 Å². The van der Waals surface area contributed by atoms with Gasteiger partial charge in [0.2, 0.25) is 5.88 Å². The van der Waals surface area contributed by atoms with E-state index in [0.29, 0.717) is 5.88 Å². The van der Waals surface area contributed by atoms with Crippen LogP contribution in [-0.2, 0) is 4.79 Å². The third-order valence-corrected chi connectivity index (χ3v) is 4.09. The Kier molecular flexibility index (Phi) is 4.42. The third kappa shape index (κ3) is 3.57. The number of nitrogens with zero attached hydrogens (tertiary/aromatic N) is 3. The Labute approximate surface area is 155 Å². The number of aromatic amines is 1. The fourth-order valence-corrected chi connectivity index (χ4v) is 2.90. The van der Waals surface area contributed by atoms with Gasteiger partial charge in [-0.25, -0.2) is 9.97 Å². The van der Waals surface area contributed by atoms with E-state index in [1.807, 2.05) is 44.3 Å². The predicted molar refractivity (Wildman–Crippen MR) is 103 cm³/mol. The summed E-state index contributed by atoms with van der Waals surface area (Å²) >= 11 is 0. The van der Waals surface area contributed by atoms with Gasteiger partial charge in [0.15, 0.2) is 6.61 Å². The van der Waals surface area contributed by atoms with Crippen molar-refractivity contribution in [2.24, 2.45) is 0 Å². The number of ether oxygens (including phenoxy) is 1. The van der Waals surface area contributed by atoms with Crippen LogP contribution in [-0.4, -0.2) is 38.5 Å². The van der Waals surface area contributed by atoms with Crippen molar-refractivity contribution in [3.8, 4) is 17.1 Å². The molecule has 7 nitrogen and oxygen atoms in total. The van der Waals surface area contributed by atoms with Gasteiger partial charge in [0.05, 0.1) is 11.2 Å². The molecule has 0 aliphatic heterocycles. The van der Waals surface area contributed by atoms with Gasteiger partial charge in [0.1, 0.15) is 5.65 Å². The van der Waals surface area contributed by atoms with Gasteiger partial charge in [-0.1, -0.05) is 0 Å². The van der Waals surface area contributed by atoms with Crippen molar-refractivity contribution in [1.29, 1.82) is 0 Å². The highest BCUT2D eigenvalue weighted by Crippen LogP contribution is 2.26. The molecule has 0 atom stereocenters. The number of carbonyl (C=O) groups excluding carboxylic acids is 1. The Morgan fingerprint density at radius 1 is 1.15 bits per heavy atom. The minimum absolute atomic E-state index is 0.0577. The maximum Gasteiger partial charge on any atom is 0.258 e. The van der Waals surface area contributed by atoms with Crippen molar-refractivity contribution in [1.82, 2.24) is 25.3 Å².